The number of ketones is 1. The number of esters is 4. The summed E-state index contributed by atoms with van der Waals surface area (Å²) in [6.45, 7) is 4.21. The largest absolute Gasteiger partial charge is 0.507 e. The summed E-state index contributed by atoms with van der Waals surface area (Å²) in [6.07, 6.45) is 38.1. The zero-order valence-electron chi connectivity index (χ0n) is 30.8. The maximum absolute atomic E-state index is 12.5. The Kier molecular flexibility index (Phi) is 22.2. The van der Waals surface area contributed by atoms with Crippen LogP contribution in [-0.2, 0) is 28.7 Å². The molecular formula is C43H52N2O8. The summed E-state index contributed by atoms with van der Waals surface area (Å²) in [4.78, 5) is 61.3. The number of phenolic OH excluding ortho intramolecular Hbond substituents is 1. The first-order chi connectivity index (χ1) is 25.7. The van der Waals surface area contributed by atoms with Gasteiger partial charge in [0.15, 0.2) is 5.78 Å². The van der Waals surface area contributed by atoms with Crippen LogP contribution in [-0.4, -0.2) is 40.5 Å². The summed E-state index contributed by atoms with van der Waals surface area (Å²) in [6, 6.07) is 3.88. The molecule has 2 rings (SSSR count). The molecule has 1 aromatic rings. The lowest BCUT2D eigenvalue weighted by Gasteiger charge is -2.09. The van der Waals surface area contributed by atoms with Gasteiger partial charge in [-0.25, -0.2) is 9.59 Å². The lowest BCUT2D eigenvalue weighted by Crippen LogP contribution is -2.21. The number of ether oxygens (including phenoxy) is 2. The third kappa shape index (κ3) is 19.5. The molecule has 10 heteroatoms. The smallest absolute Gasteiger partial charge is 0.349 e. The topological polar surface area (TPSA) is 148 Å². The summed E-state index contributed by atoms with van der Waals surface area (Å²) >= 11 is 0. The van der Waals surface area contributed by atoms with Gasteiger partial charge < -0.3 is 14.6 Å². The van der Waals surface area contributed by atoms with E-state index in [1.54, 1.807) is 12.2 Å². The van der Waals surface area contributed by atoms with Gasteiger partial charge >= 0.3 is 23.9 Å². The van der Waals surface area contributed by atoms with E-state index >= 15 is 0 Å². The second-order valence-corrected chi connectivity index (χ2v) is 11.9. The standard InChI is InChI=1S/C43H52N2O8/c1-3-5-7-9-10-11-12-13-14-15-16-17-18-19-20-21-23-25-27-40(48)52-42(50)36-30-28-35(33-39(36)47)45-44-34-29-31-38(46)37(32-34)43(51)53-41(49)26-24-22-8-6-4-2/h5,7,10-11,13-14,16-17,19-20,23,25,28-33,45,47H,3-4,6,8-9,12,15,18,21-22,24,26-27H2,1-2H3/b7-5-,11-10-,14-13-,17-16-,20-19-,25-23-,44-34+. The number of anilines is 1. The minimum Gasteiger partial charge on any atom is -0.507 e. The van der Waals surface area contributed by atoms with Crippen LogP contribution in [0.3, 0.4) is 0 Å². The first-order valence-corrected chi connectivity index (χ1v) is 18.3. The molecule has 0 heterocycles. The first kappa shape index (κ1) is 43.5. The molecule has 0 saturated carbocycles. The molecule has 0 fully saturated rings. The number of rotatable bonds is 23. The number of hydrogen-bond acceptors (Lipinski definition) is 10. The fourth-order valence-electron chi connectivity index (χ4n) is 4.63. The monoisotopic (exact) mass is 724 g/mol. The molecular weight excluding hydrogens is 672 g/mol. The van der Waals surface area contributed by atoms with Crippen molar-refractivity contribution in [3.63, 3.8) is 0 Å². The summed E-state index contributed by atoms with van der Waals surface area (Å²) in [5.74, 6) is -4.61. The molecule has 282 valence electrons. The minimum absolute atomic E-state index is 0.0833. The predicted molar refractivity (Wildman–Crippen MR) is 209 cm³/mol. The van der Waals surface area contributed by atoms with Crippen LogP contribution in [0.1, 0.15) is 108 Å². The van der Waals surface area contributed by atoms with Gasteiger partial charge in [-0.3, -0.25) is 19.8 Å². The fraction of sp³-hybridized carbons (Fsp3) is 0.349. The quantitative estimate of drug-likeness (QED) is 0.0214. The number of phenols is 1. The van der Waals surface area contributed by atoms with E-state index in [1.165, 1.54) is 30.4 Å². The lowest BCUT2D eigenvalue weighted by atomic mass is 10.0. The van der Waals surface area contributed by atoms with Gasteiger partial charge in [0.05, 0.1) is 17.8 Å². The van der Waals surface area contributed by atoms with Crippen molar-refractivity contribution in [3.8, 4) is 5.75 Å². The predicted octanol–water partition coefficient (Wildman–Crippen LogP) is 9.43. The Morgan fingerprint density at radius 1 is 0.698 bits per heavy atom. The summed E-state index contributed by atoms with van der Waals surface area (Å²) in [7, 11) is 0. The van der Waals surface area contributed by atoms with E-state index in [9.17, 15) is 29.1 Å². The molecule has 53 heavy (non-hydrogen) atoms. The van der Waals surface area contributed by atoms with Crippen LogP contribution in [0.2, 0.25) is 0 Å². The molecule has 0 radical (unpaired) electrons. The van der Waals surface area contributed by atoms with E-state index in [2.05, 4.69) is 73.0 Å². The van der Waals surface area contributed by atoms with Crippen LogP contribution >= 0.6 is 0 Å². The number of hydrogen-bond donors (Lipinski definition) is 2. The van der Waals surface area contributed by atoms with Crippen molar-refractivity contribution in [3.05, 3.63) is 120 Å². The maximum Gasteiger partial charge on any atom is 0.349 e. The molecule has 0 bridgehead atoms. The number of nitrogens with one attached hydrogen (secondary N) is 1. The second kappa shape index (κ2) is 27.1. The highest BCUT2D eigenvalue weighted by Gasteiger charge is 2.24. The van der Waals surface area contributed by atoms with E-state index in [-0.39, 0.29) is 35.4 Å². The van der Waals surface area contributed by atoms with E-state index in [0.717, 1.165) is 63.9 Å². The lowest BCUT2D eigenvalue weighted by molar-refractivity contribution is -0.157. The number of allylic oxidation sites excluding steroid dienone is 14. The minimum atomic E-state index is -1.05. The molecule has 0 amide bonds. The normalized spacial score (nSPS) is 14.1. The van der Waals surface area contributed by atoms with E-state index in [1.807, 2.05) is 12.2 Å². The number of unbranched alkanes of at least 4 members (excludes halogenated alkanes) is 4. The van der Waals surface area contributed by atoms with Crippen LogP contribution in [0.5, 0.6) is 5.75 Å². The van der Waals surface area contributed by atoms with Gasteiger partial charge in [-0.15, -0.1) is 0 Å². The summed E-state index contributed by atoms with van der Waals surface area (Å²) in [5, 5.41) is 14.5. The molecule has 2 N–H and O–H groups in total. The zero-order chi connectivity index (χ0) is 38.5. The molecule has 0 saturated heterocycles. The number of carbonyl (C=O) groups is 5. The van der Waals surface area contributed by atoms with Gasteiger partial charge in [0, 0.05) is 12.5 Å². The third-order valence-corrected chi connectivity index (χ3v) is 7.49. The summed E-state index contributed by atoms with van der Waals surface area (Å²) in [5.41, 5.74) is 2.52. The maximum atomic E-state index is 12.5. The van der Waals surface area contributed by atoms with E-state index in [4.69, 9.17) is 9.47 Å². The van der Waals surface area contributed by atoms with Crippen LogP contribution in [0, 0.1) is 0 Å². The highest BCUT2D eigenvalue weighted by Crippen LogP contribution is 2.23. The molecule has 0 aliphatic heterocycles. The average molecular weight is 725 g/mol. The summed E-state index contributed by atoms with van der Waals surface area (Å²) < 4.78 is 9.70. The van der Waals surface area contributed by atoms with Crippen molar-refractivity contribution in [1.29, 1.82) is 0 Å². The van der Waals surface area contributed by atoms with E-state index < -0.39 is 35.4 Å². The Morgan fingerprint density at radius 2 is 1.26 bits per heavy atom. The number of aromatic hydroxyl groups is 1. The van der Waals surface area contributed by atoms with Crippen molar-refractivity contribution in [2.45, 2.75) is 97.3 Å². The van der Waals surface area contributed by atoms with Crippen molar-refractivity contribution in [2.75, 3.05) is 5.43 Å². The van der Waals surface area contributed by atoms with Crippen molar-refractivity contribution in [2.24, 2.45) is 5.10 Å². The Hall–Kier alpha value is -5.64. The van der Waals surface area contributed by atoms with Crippen LogP contribution in [0.25, 0.3) is 0 Å². The van der Waals surface area contributed by atoms with Gasteiger partial charge in [0.2, 0.25) is 0 Å². The molecule has 1 aliphatic carbocycles. The average Bonchev–Trinajstić information content (AvgIpc) is 3.13. The first-order valence-electron chi connectivity index (χ1n) is 18.3. The molecule has 1 aliphatic rings. The van der Waals surface area contributed by atoms with Crippen LogP contribution < -0.4 is 5.43 Å². The van der Waals surface area contributed by atoms with Crippen molar-refractivity contribution >= 4 is 41.1 Å². The van der Waals surface area contributed by atoms with Crippen LogP contribution in [0.4, 0.5) is 5.69 Å². The third-order valence-electron chi connectivity index (χ3n) is 7.49. The number of hydrazone groups is 1. The van der Waals surface area contributed by atoms with Gasteiger partial charge in [0.25, 0.3) is 0 Å². The van der Waals surface area contributed by atoms with Gasteiger partial charge in [0.1, 0.15) is 16.9 Å². The molecule has 0 atom stereocenters. The number of nitrogens with zero attached hydrogens (tertiary/aromatic N) is 1. The highest BCUT2D eigenvalue weighted by atomic mass is 16.6. The molecule has 0 spiro atoms. The van der Waals surface area contributed by atoms with Crippen molar-refractivity contribution < 1.29 is 38.6 Å². The Bertz CT molecular complexity index is 1650. The number of benzene rings is 1. The van der Waals surface area contributed by atoms with Crippen LogP contribution in [0.15, 0.2) is 120 Å². The van der Waals surface area contributed by atoms with Gasteiger partial charge in [-0.2, -0.15) is 5.10 Å². The van der Waals surface area contributed by atoms with Gasteiger partial charge in [-0.05, 0) is 75.3 Å². The Labute approximate surface area is 313 Å². The van der Waals surface area contributed by atoms with Crippen molar-refractivity contribution in [1.82, 2.24) is 0 Å². The molecule has 0 unspecified atom stereocenters. The second-order valence-electron chi connectivity index (χ2n) is 11.9. The van der Waals surface area contributed by atoms with Gasteiger partial charge in [-0.1, -0.05) is 112 Å². The Morgan fingerprint density at radius 3 is 1.85 bits per heavy atom. The Balaban J connectivity index is 1.73. The highest BCUT2D eigenvalue weighted by molar-refractivity contribution is 6.30. The number of carbonyl (C=O) groups excluding carboxylic acids is 5. The molecule has 0 aromatic heterocycles. The SMILES string of the molecule is CC/C=C\C/C=C\C/C=C\C/C=C\C/C=C\C/C=C\CC(=O)OC(=O)c1ccc(N/N=C2\C=CC(=O)C(C(=O)OC(=O)CCCCCCC)=C2)cc1O. The van der Waals surface area contributed by atoms with E-state index in [0.29, 0.717) is 12.8 Å². The zero-order valence-corrected chi connectivity index (χ0v) is 30.8. The molecule has 10 nitrogen and oxygen atoms in total. The molecule has 1 aromatic carbocycles. The fourth-order valence-corrected chi connectivity index (χ4v) is 4.63.